The molecule has 1 amide bonds. The highest BCUT2D eigenvalue weighted by Crippen LogP contribution is 2.26. The molecule has 2 fully saturated rings. The third kappa shape index (κ3) is 5.23. The molecule has 0 radical (unpaired) electrons. The molecule has 0 aromatic heterocycles. The van der Waals surface area contributed by atoms with Crippen molar-refractivity contribution < 1.29 is 13.9 Å². The number of nitrogens with zero attached hydrogens (tertiary/aromatic N) is 2. The van der Waals surface area contributed by atoms with Gasteiger partial charge in [-0.1, -0.05) is 12.1 Å². The topological polar surface area (TPSA) is 44.8 Å². The lowest BCUT2D eigenvalue weighted by atomic mass is 10.0. The Morgan fingerprint density at radius 3 is 2.52 bits per heavy atom. The third-order valence-corrected chi connectivity index (χ3v) is 4.89. The molecule has 1 aromatic carbocycles. The van der Waals surface area contributed by atoms with Crippen LogP contribution in [0.1, 0.15) is 31.4 Å². The van der Waals surface area contributed by atoms with Gasteiger partial charge in [-0.2, -0.15) is 0 Å². The molecule has 1 heterocycles. The van der Waals surface area contributed by atoms with Crippen LogP contribution < -0.4 is 5.32 Å². The van der Waals surface area contributed by atoms with E-state index in [-0.39, 0.29) is 17.8 Å². The van der Waals surface area contributed by atoms with Gasteiger partial charge in [-0.05, 0) is 37.5 Å². The van der Waals surface area contributed by atoms with Crippen molar-refractivity contribution in [1.82, 2.24) is 15.1 Å². The Hall–Kier alpha value is -1.50. The summed E-state index contributed by atoms with van der Waals surface area (Å²) in [5, 5.41) is 3.11. The van der Waals surface area contributed by atoms with Gasteiger partial charge in [0.2, 0.25) is 5.91 Å². The Kier molecular flexibility index (Phi) is 6.39. The van der Waals surface area contributed by atoms with Crippen molar-refractivity contribution in [2.24, 2.45) is 0 Å². The first-order valence-electron chi connectivity index (χ1n) is 9.27. The highest BCUT2D eigenvalue weighted by atomic mass is 19.1. The molecule has 5 nitrogen and oxygen atoms in total. The largest absolute Gasteiger partial charge is 0.380 e. The van der Waals surface area contributed by atoms with E-state index in [1.165, 1.54) is 12.1 Å². The third-order valence-electron chi connectivity index (χ3n) is 4.89. The van der Waals surface area contributed by atoms with Crippen molar-refractivity contribution >= 4 is 5.91 Å². The molecule has 2 aliphatic rings. The summed E-state index contributed by atoms with van der Waals surface area (Å²) in [6.45, 7) is 7.91. The molecule has 1 aromatic rings. The summed E-state index contributed by atoms with van der Waals surface area (Å²) in [5.74, 6) is -0.234. The Labute approximate surface area is 149 Å². The number of hydrogen-bond donors (Lipinski definition) is 1. The van der Waals surface area contributed by atoms with Crippen molar-refractivity contribution in [2.75, 3.05) is 45.9 Å². The molecule has 1 saturated heterocycles. The first kappa shape index (κ1) is 18.3. The molecule has 0 spiro atoms. The molecular formula is C19H28FN3O2. The maximum Gasteiger partial charge on any atom is 0.242 e. The van der Waals surface area contributed by atoms with Crippen molar-refractivity contribution in [3.63, 3.8) is 0 Å². The van der Waals surface area contributed by atoms with Crippen molar-refractivity contribution in [1.29, 1.82) is 0 Å². The summed E-state index contributed by atoms with van der Waals surface area (Å²) in [4.78, 5) is 17.4. The number of benzene rings is 1. The normalized spacial score (nSPS) is 20.4. The molecule has 0 unspecified atom stereocenters. The molecule has 1 N–H and O–H groups in total. The maximum absolute atomic E-state index is 13.3. The van der Waals surface area contributed by atoms with Crippen LogP contribution in [0.3, 0.4) is 0 Å². The lowest BCUT2D eigenvalue weighted by molar-refractivity contribution is -0.127. The first-order chi connectivity index (χ1) is 12.2. The zero-order chi connectivity index (χ0) is 17.6. The Bertz CT molecular complexity index is 554. The van der Waals surface area contributed by atoms with Crippen molar-refractivity contribution in [3.05, 3.63) is 35.6 Å². The summed E-state index contributed by atoms with van der Waals surface area (Å²) < 4.78 is 18.7. The predicted octanol–water partition coefficient (Wildman–Crippen LogP) is 1.80. The highest BCUT2D eigenvalue weighted by molar-refractivity contribution is 5.83. The Balaban J connectivity index is 1.63. The monoisotopic (exact) mass is 349 g/mol. The van der Waals surface area contributed by atoms with Gasteiger partial charge in [0.1, 0.15) is 11.9 Å². The van der Waals surface area contributed by atoms with Crippen LogP contribution in [0.15, 0.2) is 24.3 Å². The molecule has 138 valence electrons. The van der Waals surface area contributed by atoms with Gasteiger partial charge in [0.15, 0.2) is 0 Å². The zero-order valence-corrected chi connectivity index (χ0v) is 14.9. The number of piperazine rings is 1. The quantitative estimate of drug-likeness (QED) is 0.727. The van der Waals surface area contributed by atoms with Crippen molar-refractivity contribution in [3.8, 4) is 0 Å². The Morgan fingerprint density at radius 2 is 1.92 bits per heavy atom. The van der Waals surface area contributed by atoms with E-state index in [1.54, 1.807) is 12.1 Å². The summed E-state index contributed by atoms with van der Waals surface area (Å²) in [5.41, 5.74) is 0.863. The number of nitrogens with one attached hydrogen (secondary N) is 1. The second kappa shape index (κ2) is 8.74. The molecule has 1 aliphatic heterocycles. The van der Waals surface area contributed by atoms with Gasteiger partial charge < -0.3 is 10.1 Å². The Morgan fingerprint density at radius 1 is 1.24 bits per heavy atom. The van der Waals surface area contributed by atoms with Gasteiger partial charge in [-0.25, -0.2) is 4.39 Å². The zero-order valence-electron chi connectivity index (χ0n) is 14.9. The maximum atomic E-state index is 13.3. The molecule has 0 bridgehead atoms. The van der Waals surface area contributed by atoms with Crippen LogP contribution in [-0.4, -0.2) is 67.7 Å². The van der Waals surface area contributed by atoms with Gasteiger partial charge in [0.25, 0.3) is 0 Å². The summed E-state index contributed by atoms with van der Waals surface area (Å²) in [7, 11) is 0. The molecule has 1 atom stereocenters. The van der Waals surface area contributed by atoms with Crippen LogP contribution in [-0.2, 0) is 9.53 Å². The smallest absolute Gasteiger partial charge is 0.242 e. The van der Waals surface area contributed by atoms with Crippen LogP contribution >= 0.6 is 0 Å². The van der Waals surface area contributed by atoms with Crippen LogP contribution in [0.25, 0.3) is 0 Å². The van der Waals surface area contributed by atoms with Crippen LogP contribution in [0.5, 0.6) is 0 Å². The first-order valence-corrected chi connectivity index (χ1v) is 9.27. The van der Waals surface area contributed by atoms with E-state index < -0.39 is 0 Å². The minimum absolute atomic E-state index is 0.0388. The standard InChI is InChI=1S/C19H28FN3O2/c1-2-25-14-13-22-9-11-23(12-10-22)18(19(24)21-17-7-8-17)15-3-5-16(20)6-4-15/h3-6,17-18H,2,7-14H2,1H3,(H,21,24)/t18-/m1/s1. The lowest BCUT2D eigenvalue weighted by Crippen LogP contribution is -2.51. The second-order valence-electron chi connectivity index (χ2n) is 6.81. The van der Waals surface area contributed by atoms with E-state index in [2.05, 4.69) is 15.1 Å². The molecule has 1 aliphatic carbocycles. The number of hydrogen-bond acceptors (Lipinski definition) is 4. The van der Waals surface area contributed by atoms with E-state index in [4.69, 9.17) is 4.74 Å². The van der Waals surface area contributed by atoms with Gasteiger partial charge in [0.05, 0.1) is 6.61 Å². The lowest BCUT2D eigenvalue weighted by Gasteiger charge is -2.38. The fraction of sp³-hybridized carbons (Fsp3) is 0.632. The minimum Gasteiger partial charge on any atom is -0.380 e. The number of rotatable bonds is 8. The van der Waals surface area contributed by atoms with E-state index >= 15 is 0 Å². The molecule has 1 saturated carbocycles. The molecule has 25 heavy (non-hydrogen) atoms. The predicted molar refractivity (Wildman–Crippen MR) is 94.8 cm³/mol. The average Bonchev–Trinajstić information content (AvgIpc) is 3.42. The number of carbonyl (C=O) groups excluding carboxylic acids is 1. The van der Waals surface area contributed by atoms with E-state index in [1.807, 2.05) is 6.92 Å². The van der Waals surface area contributed by atoms with Gasteiger partial charge in [0, 0.05) is 45.4 Å². The summed E-state index contributed by atoms with van der Waals surface area (Å²) in [6.07, 6.45) is 2.13. The van der Waals surface area contributed by atoms with Crippen LogP contribution in [0, 0.1) is 5.82 Å². The van der Waals surface area contributed by atoms with E-state index in [0.717, 1.165) is 64.3 Å². The highest BCUT2D eigenvalue weighted by Gasteiger charge is 2.33. The fourth-order valence-corrected chi connectivity index (χ4v) is 3.26. The fourth-order valence-electron chi connectivity index (χ4n) is 3.26. The molecule has 3 rings (SSSR count). The van der Waals surface area contributed by atoms with Crippen LogP contribution in [0.4, 0.5) is 4.39 Å². The number of carbonyl (C=O) groups is 1. The van der Waals surface area contributed by atoms with Gasteiger partial charge in [-0.3, -0.25) is 14.6 Å². The summed E-state index contributed by atoms with van der Waals surface area (Å²) >= 11 is 0. The molecular weight excluding hydrogens is 321 g/mol. The average molecular weight is 349 g/mol. The number of ether oxygens (including phenoxy) is 1. The van der Waals surface area contributed by atoms with E-state index in [0.29, 0.717) is 6.04 Å². The molecule has 6 heteroatoms. The van der Waals surface area contributed by atoms with Gasteiger partial charge in [-0.15, -0.1) is 0 Å². The van der Waals surface area contributed by atoms with E-state index in [9.17, 15) is 9.18 Å². The summed E-state index contributed by atoms with van der Waals surface area (Å²) in [6, 6.07) is 6.32. The van der Waals surface area contributed by atoms with Gasteiger partial charge >= 0.3 is 0 Å². The van der Waals surface area contributed by atoms with Crippen LogP contribution in [0.2, 0.25) is 0 Å². The number of halogens is 1. The minimum atomic E-state index is -0.338. The second-order valence-corrected chi connectivity index (χ2v) is 6.81. The van der Waals surface area contributed by atoms with Crippen molar-refractivity contribution in [2.45, 2.75) is 31.8 Å². The number of amides is 1. The SMILES string of the molecule is CCOCCN1CCN([C@@H](C(=O)NC2CC2)c2ccc(F)cc2)CC1.